The number of benzene rings is 3. The molecule has 1 heteroatoms. The maximum Gasteiger partial charge on any atom is 0 e. The van der Waals surface area contributed by atoms with Crippen LogP contribution in [0.4, 0.5) is 0 Å². The van der Waals surface area contributed by atoms with Gasteiger partial charge in [-0.3, -0.25) is 0 Å². The zero-order valence-corrected chi connectivity index (χ0v) is 17.6. The van der Waals surface area contributed by atoms with Crippen molar-refractivity contribution >= 4 is 16.8 Å². The molecule has 0 unspecified atom stereocenters. The van der Waals surface area contributed by atoms with Gasteiger partial charge in [0, 0.05) is 26.2 Å². The molecule has 1 fully saturated rings. The van der Waals surface area contributed by atoms with Crippen LogP contribution in [0.1, 0.15) is 43.2 Å². The molecular formula is C25H24Zr. The van der Waals surface area contributed by atoms with Crippen molar-refractivity contribution < 1.29 is 26.2 Å². The standard InChI is InChI=1S/C25H24.Zr/c1-2-8-18(7-1)15-19-16-21-11-6-14-24(25(21)17-19)23-13-5-10-20-9-3-4-12-22(20)23;/h3-6,9-14,17-18H,1-2,7-8,15-16H2;. The van der Waals surface area contributed by atoms with E-state index in [1.807, 2.05) is 0 Å². The third-order valence-corrected chi connectivity index (χ3v) is 6.07. The SMILES string of the molecule is C1=C(CC2CCCC2)Cc2cccc(-c3cccc4ccccc34)c21.[Zr]. The normalized spacial score (nSPS) is 16.4. The van der Waals surface area contributed by atoms with Crippen molar-refractivity contribution in [3.05, 3.63) is 77.4 Å². The molecule has 1 saturated carbocycles. The number of fused-ring (bicyclic) bond motifs is 2. The molecule has 0 N–H and O–H groups in total. The van der Waals surface area contributed by atoms with Crippen LogP contribution in [0.3, 0.4) is 0 Å². The average Bonchev–Trinajstić information content (AvgIpc) is 3.30. The molecule has 0 spiro atoms. The molecule has 5 rings (SSSR count). The van der Waals surface area contributed by atoms with Crippen LogP contribution in [0.15, 0.2) is 66.2 Å². The minimum atomic E-state index is 0. The van der Waals surface area contributed by atoms with Crippen LogP contribution < -0.4 is 0 Å². The molecular weight excluding hydrogens is 391 g/mol. The van der Waals surface area contributed by atoms with Crippen molar-refractivity contribution in [1.82, 2.24) is 0 Å². The molecule has 3 aromatic rings. The number of rotatable bonds is 3. The first-order valence-corrected chi connectivity index (χ1v) is 9.68. The van der Waals surface area contributed by atoms with Gasteiger partial charge in [-0.25, -0.2) is 0 Å². The van der Waals surface area contributed by atoms with Gasteiger partial charge in [-0.15, -0.1) is 0 Å². The van der Waals surface area contributed by atoms with Gasteiger partial charge in [0.1, 0.15) is 0 Å². The van der Waals surface area contributed by atoms with E-state index in [9.17, 15) is 0 Å². The van der Waals surface area contributed by atoms with Crippen LogP contribution in [0.2, 0.25) is 0 Å². The minimum Gasteiger partial charge on any atom is -0.0649 e. The van der Waals surface area contributed by atoms with E-state index in [-0.39, 0.29) is 26.2 Å². The fourth-order valence-corrected chi connectivity index (χ4v) is 4.85. The Bertz CT molecular complexity index is 956. The van der Waals surface area contributed by atoms with Gasteiger partial charge in [-0.05, 0) is 51.8 Å². The van der Waals surface area contributed by atoms with E-state index in [0.29, 0.717) is 0 Å². The zero-order chi connectivity index (χ0) is 16.6. The minimum absolute atomic E-state index is 0. The molecule has 0 aromatic heterocycles. The van der Waals surface area contributed by atoms with E-state index in [2.05, 4.69) is 66.7 Å². The summed E-state index contributed by atoms with van der Waals surface area (Å²) >= 11 is 0. The van der Waals surface area contributed by atoms with Gasteiger partial charge in [0.2, 0.25) is 0 Å². The van der Waals surface area contributed by atoms with Gasteiger partial charge >= 0.3 is 0 Å². The Morgan fingerprint density at radius 2 is 1.50 bits per heavy atom. The van der Waals surface area contributed by atoms with Crippen LogP contribution in [-0.4, -0.2) is 0 Å². The summed E-state index contributed by atoms with van der Waals surface area (Å²) in [6.07, 6.45) is 10.7. The van der Waals surface area contributed by atoms with Crippen molar-refractivity contribution in [2.45, 2.75) is 38.5 Å². The smallest absolute Gasteiger partial charge is 0 e. The third-order valence-electron chi connectivity index (χ3n) is 6.07. The maximum absolute atomic E-state index is 2.50. The Balaban J connectivity index is 0.00000168. The van der Waals surface area contributed by atoms with Crippen LogP contribution in [0, 0.1) is 5.92 Å². The van der Waals surface area contributed by atoms with Crippen molar-refractivity contribution in [2.24, 2.45) is 5.92 Å². The number of hydrogen-bond donors (Lipinski definition) is 0. The second kappa shape index (κ2) is 7.65. The molecule has 0 amide bonds. The largest absolute Gasteiger partial charge is 0.0649 e. The fraction of sp³-hybridized carbons (Fsp3) is 0.280. The van der Waals surface area contributed by atoms with Gasteiger partial charge in [0.15, 0.2) is 0 Å². The summed E-state index contributed by atoms with van der Waals surface area (Å²) in [4.78, 5) is 0. The first kappa shape index (κ1) is 17.9. The van der Waals surface area contributed by atoms with E-state index >= 15 is 0 Å². The van der Waals surface area contributed by atoms with E-state index in [4.69, 9.17) is 0 Å². The molecule has 2 aliphatic carbocycles. The molecule has 0 saturated heterocycles. The van der Waals surface area contributed by atoms with Crippen LogP contribution in [0.25, 0.3) is 28.0 Å². The topological polar surface area (TPSA) is 0 Å². The third kappa shape index (κ3) is 3.27. The van der Waals surface area contributed by atoms with Gasteiger partial charge < -0.3 is 0 Å². The Hall–Kier alpha value is -1.46. The summed E-state index contributed by atoms with van der Waals surface area (Å²) in [7, 11) is 0. The number of hydrogen-bond acceptors (Lipinski definition) is 0. The monoisotopic (exact) mass is 414 g/mol. The van der Waals surface area contributed by atoms with E-state index in [1.165, 1.54) is 65.1 Å². The summed E-state index contributed by atoms with van der Waals surface area (Å²) in [5, 5.41) is 2.68. The molecule has 2 aliphatic rings. The Morgan fingerprint density at radius 3 is 2.38 bits per heavy atom. The molecule has 3 aromatic carbocycles. The van der Waals surface area contributed by atoms with Crippen molar-refractivity contribution in [1.29, 1.82) is 0 Å². The summed E-state index contributed by atoms with van der Waals surface area (Å²) in [5.74, 6) is 0.932. The molecule has 0 atom stereocenters. The van der Waals surface area contributed by atoms with Crippen molar-refractivity contribution in [3.8, 4) is 11.1 Å². The summed E-state index contributed by atoms with van der Waals surface area (Å²) in [6.45, 7) is 0. The Morgan fingerprint density at radius 1 is 0.769 bits per heavy atom. The van der Waals surface area contributed by atoms with Crippen molar-refractivity contribution in [2.75, 3.05) is 0 Å². The van der Waals surface area contributed by atoms with Crippen LogP contribution in [0.5, 0.6) is 0 Å². The predicted octanol–water partition coefficient (Wildman–Crippen LogP) is 7.02. The summed E-state index contributed by atoms with van der Waals surface area (Å²) < 4.78 is 0. The fourth-order valence-electron chi connectivity index (χ4n) is 4.85. The molecule has 0 nitrogen and oxygen atoms in total. The van der Waals surface area contributed by atoms with Crippen LogP contribution in [-0.2, 0) is 32.6 Å². The number of allylic oxidation sites excluding steroid dienone is 1. The predicted molar refractivity (Wildman–Crippen MR) is 108 cm³/mol. The Labute approximate surface area is 175 Å². The first-order chi connectivity index (χ1) is 12.4. The van der Waals surface area contributed by atoms with E-state index in [0.717, 1.165) is 12.3 Å². The first-order valence-electron chi connectivity index (χ1n) is 9.68. The quantitative estimate of drug-likeness (QED) is 0.431. The van der Waals surface area contributed by atoms with Crippen molar-refractivity contribution in [3.63, 3.8) is 0 Å². The second-order valence-electron chi connectivity index (χ2n) is 7.74. The second-order valence-corrected chi connectivity index (χ2v) is 7.74. The molecule has 0 heterocycles. The summed E-state index contributed by atoms with van der Waals surface area (Å²) in [5.41, 5.74) is 7.39. The van der Waals surface area contributed by atoms with E-state index in [1.54, 1.807) is 5.57 Å². The maximum atomic E-state index is 2.50. The average molecular weight is 416 g/mol. The summed E-state index contributed by atoms with van der Waals surface area (Å²) in [6, 6.07) is 22.3. The Kier molecular flexibility index (Phi) is 5.28. The van der Waals surface area contributed by atoms with Gasteiger partial charge in [0.05, 0.1) is 0 Å². The van der Waals surface area contributed by atoms with E-state index < -0.39 is 0 Å². The van der Waals surface area contributed by atoms with Gasteiger partial charge in [-0.1, -0.05) is 98.0 Å². The van der Waals surface area contributed by atoms with Crippen LogP contribution >= 0.6 is 0 Å². The molecule has 0 aliphatic heterocycles. The van der Waals surface area contributed by atoms with Gasteiger partial charge in [-0.2, -0.15) is 0 Å². The molecule has 0 radical (unpaired) electrons. The zero-order valence-electron chi connectivity index (χ0n) is 15.2. The van der Waals surface area contributed by atoms with Gasteiger partial charge in [0.25, 0.3) is 0 Å². The molecule has 0 bridgehead atoms. The molecule has 128 valence electrons. The molecule has 26 heavy (non-hydrogen) atoms.